The van der Waals surface area contributed by atoms with Gasteiger partial charge in [-0.05, 0) is 35.9 Å². The molecule has 0 amide bonds. The van der Waals surface area contributed by atoms with E-state index in [0.29, 0.717) is 17.1 Å². The van der Waals surface area contributed by atoms with Crippen LogP contribution in [-0.4, -0.2) is 20.3 Å². The van der Waals surface area contributed by atoms with E-state index in [1.54, 1.807) is 23.2 Å². The fourth-order valence-electron chi connectivity index (χ4n) is 2.73. The number of thiazole rings is 1. The summed E-state index contributed by atoms with van der Waals surface area (Å²) in [5, 5.41) is 0.713. The lowest BCUT2D eigenvalue weighted by Crippen LogP contribution is -2.04. The molecule has 0 N–H and O–H groups in total. The summed E-state index contributed by atoms with van der Waals surface area (Å²) in [6.07, 6.45) is 3.92. The molecule has 0 aliphatic carbocycles. The molecule has 4 rings (SSSR count). The number of carbonyl (C=O) groups is 1. The van der Waals surface area contributed by atoms with Crippen molar-refractivity contribution in [1.82, 2.24) is 14.5 Å². The van der Waals surface area contributed by atoms with E-state index < -0.39 is 0 Å². The van der Waals surface area contributed by atoms with Gasteiger partial charge in [0.05, 0.1) is 34.2 Å². The molecule has 0 bridgehead atoms. The van der Waals surface area contributed by atoms with Crippen LogP contribution in [0.2, 0.25) is 5.02 Å². The SMILES string of the molecule is O=C(Cc1cn(Cc2cccc(Cl)c2)cn1)c1ccc2scnc2c1. The van der Waals surface area contributed by atoms with E-state index in [1.165, 1.54) is 0 Å². The van der Waals surface area contributed by atoms with Crippen molar-refractivity contribution in [2.75, 3.05) is 0 Å². The molecule has 0 saturated heterocycles. The number of hydrogen-bond acceptors (Lipinski definition) is 4. The zero-order valence-electron chi connectivity index (χ0n) is 13.2. The average molecular weight is 368 g/mol. The molecule has 0 aliphatic rings. The second-order valence-electron chi connectivity index (χ2n) is 5.80. The summed E-state index contributed by atoms with van der Waals surface area (Å²) in [5.41, 5.74) is 5.17. The molecule has 2 aromatic carbocycles. The van der Waals surface area contributed by atoms with Gasteiger partial charge in [0.2, 0.25) is 0 Å². The Bertz CT molecular complexity index is 1050. The van der Waals surface area contributed by atoms with Gasteiger partial charge in [-0.1, -0.05) is 23.7 Å². The predicted octanol–water partition coefficient (Wildman–Crippen LogP) is 4.62. The van der Waals surface area contributed by atoms with Crippen molar-refractivity contribution in [3.63, 3.8) is 0 Å². The van der Waals surface area contributed by atoms with Crippen molar-refractivity contribution in [3.05, 3.63) is 82.3 Å². The van der Waals surface area contributed by atoms with Gasteiger partial charge in [-0.3, -0.25) is 4.79 Å². The van der Waals surface area contributed by atoms with E-state index >= 15 is 0 Å². The van der Waals surface area contributed by atoms with Crippen molar-refractivity contribution < 1.29 is 4.79 Å². The van der Waals surface area contributed by atoms with Gasteiger partial charge in [-0.25, -0.2) is 9.97 Å². The molecule has 0 aliphatic heterocycles. The van der Waals surface area contributed by atoms with Crippen molar-refractivity contribution in [2.45, 2.75) is 13.0 Å². The Hall–Kier alpha value is -2.50. The van der Waals surface area contributed by atoms with Gasteiger partial charge in [0.15, 0.2) is 5.78 Å². The Morgan fingerprint density at radius 1 is 1.16 bits per heavy atom. The van der Waals surface area contributed by atoms with Crippen LogP contribution in [0.15, 0.2) is 60.5 Å². The molecule has 0 fully saturated rings. The molecule has 0 radical (unpaired) electrons. The van der Waals surface area contributed by atoms with Gasteiger partial charge < -0.3 is 4.57 Å². The highest BCUT2D eigenvalue weighted by Crippen LogP contribution is 2.20. The lowest BCUT2D eigenvalue weighted by molar-refractivity contribution is 0.0992. The van der Waals surface area contributed by atoms with Crippen LogP contribution in [0.5, 0.6) is 0 Å². The number of aromatic nitrogens is 3. The van der Waals surface area contributed by atoms with Gasteiger partial charge >= 0.3 is 0 Å². The number of imidazole rings is 1. The van der Waals surface area contributed by atoms with Crippen molar-refractivity contribution in [2.24, 2.45) is 0 Å². The molecule has 2 aromatic heterocycles. The van der Waals surface area contributed by atoms with Crippen LogP contribution in [0.3, 0.4) is 0 Å². The number of fused-ring (bicyclic) bond motifs is 1. The maximum absolute atomic E-state index is 12.5. The number of Topliss-reactive ketones (excluding diaryl/α,β-unsaturated/α-hetero) is 1. The smallest absolute Gasteiger partial charge is 0.168 e. The summed E-state index contributed by atoms with van der Waals surface area (Å²) in [4.78, 5) is 21.1. The van der Waals surface area contributed by atoms with E-state index in [9.17, 15) is 4.79 Å². The minimum absolute atomic E-state index is 0.0444. The number of nitrogens with zero attached hydrogens (tertiary/aromatic N) is 3. The fraction of sp³-hybridized carbons (Fsp3) is 0.105. The van der Waals surface area contributed by atoms with Crippen molar-refractivity contribution >= 4 is 38.9 Å². The fourth-order valence-corrected chi connectivity index (χ4v) is 3.60. The van der Waals surface area contributed by atoms with E-state index in [4.69, 9.17) is 11.6 Å². The summed E-state index contributed by atoms with van der Waals surface area (Å²) >= 11 is 7.58. The van der Waals surface area contributed by atoms with Gasteiger partial charge in [0, 0.05) is 23.3 Å². The lowest BCUT2D eigenvalue weighted by Gasteiger charge is -2.02. The van der Waals surface area contributed by atoms with Gasteiger partial charge in [0.25, 0.3) is 0 Å². The molecule has 2 heterocycles. The highest BCUT2D eigenvalue weighted by Gasteiger charge is 2.11. The third-order valence-electron chi connectivity index (χ3n) is 3.93. The third kappa shape index (κ3) is 3.62. The van der Waals surface area contributed by atoms with Crippen LogP contribution in [0.25, 0.3) is 10.2 Å². The molecule has 25 heavy (non-hydrogen) atoms. The summed E-state index contributed by atoms with van der Waals surface area (Å²) < 4.78 is 3.04. The number of benzene rings is 2. The van der Waals surface area contributed by atoms with Gasteiger partial charge in [-0.15, -0.1) is 11.3 Å². The van der Waals surface area contributed by atoms with Crippen LogP contribution in [0.1, 0.15) is 21.6 Å². The monoisotopic (exact) mass is 367 g/mol. The molecule has 0 unspecified atom stereocenters. The molecular weight excluding hydrogens is 354 g/mol. The molecule has 0 atom stereocenters. The molecule has 6 heteroatoms. The van der Waals surface area contributed by atoms with E-state index in [-0.39, 0.29) is 12.2 Å². The average Bonchev–Trinajstić information content (AvgIpc) is 3.23. The summed E-state index contributed by atoms with van der Waals surface area (Å²) in [6, 6.07) is 13.4. The van der Waals surface area contributed by atoms with E-state index in [1.807, 2.05) is 53.2 Å². The highest BCUT2D eigenvalue weighted by molar-refractivity contribution is 7.16. The number of rotatable bonds is 5. The van der Waals surface area contributed by atoms with Gasteiger partial charge in [-0.2, -0.15) is 0 Å². The number of halogens is 1. The minimum Gasteiger partial charge on any atom is -0.333 e. The van der Waals surface area contributed by atoms with Gasteiger partial charge in [0.1, 0.15) is 0 Å². The Morgan fingerprint density at radius 3 is 2.96 bits per heavy atom. The molecule has 124 valence electrons. The van der Waals surface area contributed by atoms with Crippen molar-refractivity contribution in [3.8, 4) is 0 Å². The predicted molar refractivity (Wildman–Crippen MR) is 100 cm³/mol. The van der Waals surface area contributed by atoms with E-state index in [2.05, 4.69) is 9.97 Å². The first-order valence-electron chi connectivity index (χ1n) is 7.79. The number of ketones is 1. The first-order valence-corrected chi connectivity index (χ1v) is 9.05. The third-order valence-corrected chi connectivity index (χ3v) is 4.98. The first-order chi connectivity index (χ1) is 12.2. The van der Waals surface area contributed by atoms with Crippen LogP contribution in [0, 0.1) is 0 Å². The first kappa shape index (κ1) is 16.0. The molecular formula is C19H14ClN3OS. The summed E-state index contributed by atoms with van der Waals surface area (Å²) in [5.74, 6) is 0.0444. The highest BCUT2D eigenvalue weighted by atomic mass is 35.5. The summed E-state index contributed by atoms with van der Waals surface area (Å²) in [6.45, 7) is 0.673. The molecule has 4 aromatic rings. The Balaban J connectivity index is 1.47. The zero-order valence-corrected chi connectivity index (χ0v) is 14.8. The minimum atomic E-state index is 0.0444. The maximum atomic E-state index is 12.5. The Kier molecular flexibility index (Phi) is 4.34. The second-order valence-corrected chi connectivity index (χ2v) is 7.12. The Morgan fingerprint density at radius 2 is 2.08 bits per heavy atom. The lowest BCUT2D eigenvalue weighted by atomic mass is 10.1. The molecule has 0 saturated carbocycles. The van der Waals surface area contributed by atoms with Crippen LogP contribution < -0.4 is 0 Å². The van der Waals surface area contributed by atoms with Crippen molar-refractivity contribution in [1.29, 1.82) is 0 Å². The number of carbonyl (C=O) groups excluding carboxylic acids is 1. The maximum Gasteiger partial charge on any atom is 0.168 e. The van der Waals surface area contributed by atoms with Crippen LogP contribution >= 0.6 is 22.9 Å². The van der Waals surface area contributed by atoms with Crippen LogP contribution in [-0.2, 0) is 13.0 Å². The zero-order chi connectivity index (χ0) is 17.2. The van der Waals surface area contributed by atoms with Crippen LogP contribution in [0.4, 0.5) is 0 Å². The largest absolute Gasteiger partial charge is 0.333 e. The summed E-state index contributed by atoms with van der Waals surface area (Å²) in [7, 11) is 0. The second kappa shape index (κ2) is 6.78. The quantitative estimate of drug-likeness (QED) is 0.483. The number of hydrogen-bond donors (Lipinski definition) is 0. The topological polar surface area (TPSA) is 47.8 Å². The van der Waals surface area contributed by atoms with E-state index in [0.717, 1.165) is 21.5 Å². The normalized spacial score (nSPS) is 11.1. The Labute approximate surface area is 153 Å². The standard InChI is InChI=1S/C19H14ClN3OS/c20-15-3-1-2-13(6-15)9-23-10-16(21-11-23)8-18(24)14-4-5-19-17(7-14)22-12-25-19/h1-7,10-12H,8-9H2. The molecule has 0 spiro atoms. The molecule has 4 nitrogen and oxygen atoms in total.